The van der Waals surface area contributed by atoms with Crippen molar-refractivity contribution in [3.8, 4) is 0 Å². The molecule has 4 aromatic rings. The molecule has 0 aliphatic carbocycles. The molecule has 3 aromatic carbocycles. The molecule has 0 saturated heterocycles. The van der Waals surface area contributed by atoms with E-state index in [1.54, 1.807) is 6.92 Å². The molecule has 1 aromatic heterocycles. The average molecular weight is 684 g/mol. The summed E-state index contributed by atoms with van der Waals surface area (Å²) in [5.74, 6) is -1.97. The number of nitrogens with zero attached hydrogens (tertiary/aromatic N) is 1. The van der Waals surface area contributed by atoms with Gasteiger partial charge in [-0.2, -0.15) is 0 Å². The molecule has 0 aliphatic rings. The maximum atomic E-state index is 14.1. The molecule has 4 atom stereocenters. The highest BCUT2D eigenvalue weighted by Gasteiger charge is 2.33. The van der Waals surface area contributed by atoms with Gasteiger partial charge in [0.1, 0.15) is 6.04 Å². The zero-order valence-electron chi connectivity index (χ0n) is 28.7. The molecule has 4 rings (SSSR count). The van der Waals surface area contributed by atoms with Gasteiger partial charge in [0.05, 0.1) is 27.3 Å². The second-order valence-electron chi connectivity index (χ2n) is 12.5. The first-order valence-electron chi connectivity index (χ1n) is 17.3. The van der Waals surface area contributed by atoms with E-state index in [9.17, 15) is 19.2 Å². The van der Waals surface area contributed by atoms with Crippen molar-refractivity contribution < 1.29 is 19.2 Å². The van der Waals surface area contributed by atoms with Crippen LogP contribution in [0.5, 0.6) is 0 Å². The van der Waals surface area contributed by atoms with Crippen LogP contribution in [0.25, 0.3) is 10.2 Å². The second kappa shape index (κ2) is 19.0. The number of ketones is 1. The van der Waals surface area contributed by atoms with Gasteiger partial charge in [0, 0.05) is 25.2 Å². The quantitative estimate of drug-likeness (QED) is 0.0911. The van der Waals surface area contributed by atoms with Crippen molar-refractivity contribution in [2.24, 2.45) is 17.6 Å². The van der Waals surface area contributed by atoms with Crippen molar-refractivity contribution in [3.05, 3.63) is 101 Å². The lowest BCUT2D eigenvalue weighted by Gasteiger charge is -2.28. The minimum atomic E-state index is -0.909. The number of unbranched alkanes of at least 4 members (excludes halogenated alkanes) is 1. The summed E-state index contributed by atoms with van der Waals surface area (Å²) in [6.45, 7) is 6.10. The first-order chi connectivity index (χ1) is 23.7. The smallest absolute Gasteiger partial charge is 0.243 e. The van der Waals surface area contributed by atoms with Crippen LogP contribution < -0.4 is 21.7 Å². The number of thiazole rings is 1. The predicted molar refractivity (Wildman–Crippen MR) is 196 cm³/mol. The molecule has 0 fully saturated rings. The zero-order valence-corrected chi connectivity index (χ0v) is 29.5. The van der Waals surface area contributed by atoms with Gasteiger partial charge in [-0.1, -0.05) is 106 Å². The highest BCUT2D eigenvalue weighted by atomic mass is 32.1. The van der Waals surface area contributed by atoms with E-state index in [4.69, 9.17) is 5.73 Å². The molecule has 49 heavy (non-hydrogen) atoms. The molecule has 5 N–H and O–H groups in total. The number of amides is 3. The molecule has 0 radical (unpaired) electrons. The Bertz CT molecular complexity index is 1590. The number of nitrogens with two attached hydrogens (primary N) is 1. The van der Waals surface area contributed by atoms with E-state index >= 15 is 0 Å². The Morgan fingerprint density at radius 3 is 2.02 bits per heavy atom. The van der Waals surface area contributed by atoms with Gasteiger partial charge >= 0.3 is 0 Å². The molecule has 9 nitrogen and oxygen atoms in total. The van der Waals surface area contributed by atoms with Crippen LogP contribution in [0.1, 0.15) is 81.5 Å². The standard InChI is InChI=1S/C39H49N5O4S/c1-4-26(3)36(43-39(48)31(41-34(46)5-2)25-35-42-30-21-12-13-22-33(30)49-35)32(45)24-29(20-14-15-23-40)38(47)44-37(27-16-8-6-9-17-27)28-18-10-7-11-19-28/h6-13,16-19,21-22,26,29,31,36-37H,4-5,14-15,20,23-25,40H2,1-3H3,(H,41,46)(H,43,48)(H,44,47)/t26-,29+,31-,36-/m0/s1. The SMILES string of the molecule is CCC(=O)N[C@@H](Cc1nc2ccccc2s1)C(=O)N[C@H](C(=O)C[C@@H](CCCCN)C(=O)NC(c1ccccc1)c1ccccc1)[C@@H](C)CC. The molecule has 0 unspecified atom stereocenters. The fraction of sp³-hybridized carbons (Fsp3) is 0.410. The summed E-state index contributed by atoms with van der Waals surface area (Å²) < 4.78 is 0.992. The van der Waals surface area contributed by atoms with Gasteiger partial charge in [0.25, 0.3) is 0 Å². The lowest BCUT2D eigenvalue weighted by molar-refractivity contribution is -0.134. The van der Waals surface area contributed by atoms with Crippen molar-refractivity contribution in [2.45, 2.75) is 83.8 Å². The molecule has 0 aliphatic heterocycles. The fourth-order valence-corrected chi connectivity index (χ4v) is 6.87. The molecule has 1 heterocycles. The highest BCUT2D eigenvalue weighted by molar-refractivity contribution is 7.18. The van der Waals surface area contributed by atoms with Crippen molar-refractivity contribution in [1.29, 1.82) is 0 Å². The predicted octanol–water partition coefficient (Wildman–Crippen LogP) is 5.87. The monoisotopic (exact) mass is 683 g/mol. The number of Topliss-reactive ketones (excluding diaryl/α,β-unsaturated/α-hetero) is 1. The fourth-order valence-electron chi connectivity index (χ4n) is 5.86. The minimum absolute atomic E-state index is 0.0359. The normalized spacial score (nSPS) is 13.7. The number of benzene rings is 3. The largest absolute Gasteiger partial charge is 0.345 e. The summed E-state index contributed by atoms with van der Waals surface area (Å²) in [6.07, 6.45) is 2.91. The molecule has 260 valence electrons. The summed E-state index contributed by atoms with van der Waals surface area (Å²) in [5, 5.41) is 9.75. The van der Waals surface area contributed by atoms with Gasteiger partial charge in [-0.05, 0) is 48.6 Å². The minimum Gasteiger partial charge on any atom is -0.345 e. The number of rotatable bonds is 19. The molecule has 3 amide bonds. The van der Waals surface area contributed by atoms with Gasteiger partial charge in [-0.3, -0.25) is 19.2 Å². The lowest BCUT2D eigenvalue weighted by atomic mass is 9.87. The van der Waals surface area contributed by atoms with E-state index < -0.39 is 30.0 Å². The zero-order chi connectivity index (χ0) is 35.2. The van der Waals surface area contributed by atoms with Crippen LogP contribution in [0.3, 0.4) is 0 Å². The van der Waals surface area contributed by atoms with Gasteiger partial charge in [-0.25, -0.2) is 4.98 Å². The van der Waals surface area contributed by atoms with Crippen LogP contribution in [0.2, 0.25) is 0 Å². The third-order valence-corrected chi connectivity index (χ3v) is 9.98. The van der Waals surface area contributed by atoms with E-state index in [1.807, 2.05) is 98.8 Å². The summed E-state index contributed by atoms with van der Waals surface area (Å²) in [6, 6.07) is 25.1. The Morgan fingerprint density at radius 1 is 0.796 bits per heavy atom. The number of fused-ring (bicyclic) bond motifs is 1. The van der Waals surface area contributed by atoms with Gasteiger partial charge < -0.3 is 21.7 Å². The van der Waals surface area contributed by atoms with Crippen molar-refractivity contribution >= 4 is 45.1 Å². The third-order valence-electron chi connectivity index (χ3n) is 8.92. The van der Waals surface area contributed by atoms with Crippen LogP contribution in [-0.4, -0.2) is 47.1 Å². The number of hydrogen-bond donors (Lipinski definition) is 4. The van der Waals surface area contributed by atoms with Crippen LogP contribution in [0, 0.1) is 11.8 Å². The Labute approximate surface area is 293 Å². The average Bonchev–Trinajstić information content (AvgIpc) is 3.54. The van der Waals surface area contributed by atoms with Gasteiger partial charge in [0.15, 0.2) is 5.78 Å². The number of para-hydroxylation sites is 1. The molecule has 0 bridgehead atoms. The Kier molecular flexibility index (Phi) is 14.5. The maximum absolute atomic E-state index is 14.1. The topological polar surface area (TPSA) is 143 Å². The summed E-state index contributed by atoms with van der Waals surface area (Å²) in [5.41, 5.74) is 8.49. The first kappa shape index (κ1) is 37.4. The van der Waals surface area contributed by atoms with Crippen molar-refractivity contribution in [1.82, 2.24) is 20.9 Å². The van der Waals surface area contributed by atoms with Crippen molar-refractivity contribution in [2.75, 3.05) is 6.54 Å². The van der Waals surface area contributed by atoms with Gasteiger partial charge in [0.2, 0.25) is 17.7 Å². The second-order valence-corrected chi connectivity index (χ2v) is 13.7. The van der Waals surface area contributed by atoms with E-state index in [0.717, 1.165) is 27.8 Å². The molecule has 10 heteroatoms. The molecule has 0 saturated carbocycles. The van der Waals surface area contributed by atoms with E-state index in [1.165, 1.54) is 11.3 Å². The van der Waals surface area contributed by atoms with E-state index in [-0.39, 0.29) is 42.8 Å². The Hall–Kier alpha value is -4.41. The molecular weight excluding hydrogens is 635 g/mol. The Morgan fingerprint density at radius 2 is 1.43 bits per heavy atom. The van der Waals surface area contributed by atoms with Crippen LogP contribution in [0.4, 0.5) is 0 Å². The maximum Gasteiger partial charge on any atom is 0.243 e. The van der Waals surface area contributed by atoms with Crippen LogP contribution >= 0.6 is 11.3 Å². The van der Waals surface area contributed by atoms with Gasteiger partial charge in [-0.15, -0.1) is 11.3 Å². The number of carbonyl (C=O) groups excluding carboxylic acids is 4. The highest BCUT2D eigenvalue weighted by Crippen LogP contribution is 2.26. The van der Waals surface area contributed by atoms with E-state index in [2.05, 4.69) is 20.9 Å². The number of hydrogen-bond acceptors (Lipinski definition) is 7. The van der Waals surface area contributed by atoms with Crippen LogP contribution in [0.15, 0.2) is 84.9 Å². The van der Waals surface area contributed by atoms with Crippen LogP contribution in [-0.2, 0) is 25.6 Å². The summed E-state index contributed by atoms with van der Waals surface area (Å²) in [4.78, 5) is 59.1. The molecule has 0 spiro atoms. The Balaban J connectivity index is 1.54. The third kappa shape index (κ3) is 10.8. The lowest BCUT2D eigenvalue weighted by Crippen LogP contribution is -2.54. The van der Waals surface area contributed by atoms with E-state index in [0.29, 0.717) is 30.8 Å². The number of carbonyl (C=O) groups is 4. The van der Waals surface area contributed by atoms with Crippen molar-refractivity contribution in [3.63, 3.8) is 0 Å². The first-order valence-corrected chi connectivity index (χ1v) is 18.1. The molecular formula is C39H49N5O4S. The number of nitrogens with one attached hydrogen (secondary N) is 3. The number of aromatic nitrogens is 1. The summed E-state index contributed by atoms with van der Waals surface area (Å²) >= 11 is 1.47. The summed E-state index contributed by atoms with van der Waals surface area (Å²) in [7, 11) is 0.